The van der Waals surface area contributed by atoms with Gasteiger partial charge < -0.3 is 10.6 Å². The highest BCUT2D eigenvalue weighted by Crippen LogP contribution is 2.38. The number of rotatable bonds is 1. The summed E-state index contributed by atoms with van der Waals surface area (Å²) in [4.78, 5) is 14.7. The Morgan fingerprint density at radius 1 is 1.15 bits per heavy atom. The summed E-state index contributed by atoms with van der Waals surface area (Å²) in [5, 5.41) is 0.696. The number of nitrogen functional groups attached to an aromatic ring is 1. The summed E-state index contributed by atoms with van der Waals surface area (Å²) >= 11 is 12.1. The van der Waals surface area contributed by atoms with Crippen LogP contribution in [-0.2, 0) is 0 Å². The first-order valence-electron chi connectivity index (χ1n) is 7.13. The Bertz CT molecular complexity index is 524. The first-order valence-corrected chi connectivity index (χ1v) is 7.89. The number of halogens is 2. The maximum atomic E-state index is 12.7. The maximum absolute atomic E-state index is 12.7. The molecule has 0 bridgehead atoms. The highest BCUT2D eigenvalue weighted by molar-refractivity contribution is 6.39. The number of fused-ring (bicyclic) bond motifs is 1. The van der Waals surface area contributed by atoms with Crippen LogP contribution in [0.3, 0.4) is 0 Å². The fourth-order valence-electron chi connectivity index (χ4n) is 3.58. The molecule has 0 spiro atoms. The third kappa shape index (κ3) is 2.38. The Labute approximate surface area is 129 Å². The quantitative estimate of drug-likeness (QED) is 0.797. The van der Waals surface area contributed by atoms with E-state index in [2.05, 4.69) is 0 Å². The number of nitrogens with zero attached hydrogens (tertiary/aromatic N) is 1. The van der Waals surface area contributed by atoms with Crippen molar-refractivity contribution in [2.24, 2.45) is 5.92 Å². The Morgan fingerprint density at radius 3 is 2.50 bits per heavy atom. The Hall–Kier alpha value is -0.930. The van der Waals surface area contributed by atoms with Crippen molar-refractivity contribution in [1.82, 2.24) is 4.90 Å². The molecule has 2 fully saturated rings. The van der Waals surface area contributed by atoms with Crippen molar-refractivity contribution in [3.05, 3.63) is 27.7 Å². The minimum Gasteiger partial charge on any atom is -0.396 e. The highest BCUT2D eigenvalue weighted by Gasteiger charge is 2.37. The lowest BCUT2D eigenvalue weighted by atomic mass is 9.91. The lowest BCUT2D eigenvalue weighted by Gasteiger charge is -2.38. The number of likely N-dealkylation sites (tertiary alicyclic amines) is 1. The van der Waals surface area contributed by atoms with Gasteiger partial charge >= 0.3 is 0 Å². The van der Waals surface area contributed by atoms with Crippen molar-refractivity contribution in [2.45, 2.75) is 38.1 Å². The number of anilines is 1. The van der Waals surface area contributed by atoms with E-state index < -0.39 is 0 Å². The number of nitrogens with two attached hydrogens (primary N) is 1. The first-order chi connectivity index (χ1) is 9.58. The van der Waals surface area contributed by atoms with E-state index in [1.54, 1.807) is 12.1 Å². The van der Waals surface area contributed by atoms with E-state index in [1.807, 2.05) is 4.90 Å². The van der Waals surface area contributed by atoms with Crippen LogP contribution in [0.25, 0.3) is 0 Å². The van der Waals surface area contributed by atoms with Gasteiger partial charge in [-0.15, -0.1) is 0 Å². The average molecular weight is 313 g/mol. The zero-order valence-corrected chi connectivity index (χ0v) is 12.8. The Kier molecular flexibility index (Phi) is 3.83. The molecule has 1 aromatic rings. The molecule has 3 nitrogen and oxygen atoms in total. The van der Waals surface area contributed by atoms with Crippen LogP contribution >= 0.6 is 23.2 Å². The monoisotopic (exact) mass is 312 g/mol. The molecule has 2 unspecified atom stereocenters. The summed E-state index contributed by atoms with van der Waals surface area (Å²) in [6.45, 7) is 0.833. The van der Waals surface area contributed by atoms with Gasteiger partial charge in [-0.25, -0.2) is 0 Å². The predicted molar refractivity (Wildman–Crippen MR) is 82.3 cm³/mol. The van der Waals surface area contributed by atoms with Crippen LogP contribution in [0.2, 0.25) is 10.0 Å². The molecule has 0 aromatic heterocycles. The van der Waals surface area contributed by atoms with Gasteiger partial charge in [0.05, 0.1) is 15.7 Å². The maximum Gasteiger partial charge on any atom is 0.254 e. The normalized spacial score (nSPS) is 25.6. The summed E-state index contributed by atoms with van der Waals surface area (Å²) < 4.78 is 0. The molecule has 2 N–H and O–H groups in total. The molecule has 1 aliphatic carbocycles. The van der Waals surface area contributed by atoms with Crippen molar-refractivity contribution >= 4 is 34.8 Å². The minimum atomic E-state index is 0.0328. The summed E-state index contributed by atoms with van der Waals surface area (Å²) in [5.41, 5.74) is 6.60. The SMILES string of the molecule is Nc1c(Cl)cc(C(=O)N2CCCC3CCCC32)cc1Cl. The Morgan fingerprint density at radius 2 is 1.80 bits per heavy atom. The average Bonchev–Trinajstić information content (AvgIpc) is 2.91. The van der Waals surface area contributed by atoms with Gasteiger partial charge in [-0.1, -0.05) is 29.6 Å². The standard InChI is InChI=1S/C15H18Cl2N2O/c16-11-7-10(8-12(17)14(11)18)15(20)19-6-2-4-9-3-1-5-13(9)19/h7-9,13H,1-6,18H2. The largest absolute Gasteiger partial charge is 0.396 e. The molecule has 1 amide bonds. The molecule has 5 heteroatoms. The fourth-order valence-corrected chi connectivity index (χ4v) is 4.07. The molecule has 2 aliphatic rings. The molecular weight excluding hydrogens is 295 g/mol. The van der Waals surface area contributed by atoms with E-state index in [0.29, 0.717) is 33.3 Å². The van der Waals surface area contributed by atoms with Crippen LogP contribution in [-0.4, -0.2) is 23.4 Å². The smallest absolute Gasteiger partial charge is 0.254 e. The molecule has 1 aliphatic heterocycles. The number of piperidine rings is 1. The molecular formula is C15H18Cl2N2O. The molecule has 1 aromatic carbocycles. The molecule has 108 valence electrons. The number of carbonyl (C=O) groups is 1. The molecule has 20 heavy (non-hydrogen) atoms. The summed E-state index contributed by atoms with van der Waals surface area (Å²) in [6, 6.07) is 3.65. The van der Waals surface area contributed by atoms with Crippen LogP contribution in [0.5, 0.6) is 0 Å². The van der Waals surface area contributed by atoms with E-state index in [-0.39, 0.29) is 5.91 Å². The lowest BCUT2D eigenvalue weighted by Crippen LogP contribution is -2.46. The van der Waals surface area contributed by atoms with Gasteiger partial charge in [-0.3, -0.25) is 4.79 Å². The molecule has 3 rings (SSSR count). The number of amides is 1. The number of benzene rings is 1. The summed E-state index contributed by atoms with van der Waals surface area (Å²) in [5.74, 6) is 0.706. The zero-order chi connectivity index (χ0) is 14.3. The van der Waals surface area contributed by atoms with Gasteiger partial charge in [-0.05, 0) is 43.7 Å². The second kappa shape index (κ2) is 5.45. The highest BCUT2D eigenvalue weighted by atomic mass is 35.5. The predicted octanol–water partition coefficient (Wildman–Crippen LogP) is 3.98. The van der Waals surface area contributed by atoms with E-state index in [4.69, 9.17) is 28.9 Å². The number of hydrogen-bond donors (Lipinski definition) is 1. The van der Waals surface area contributed by atoms with Gasteiger partial charge in [-0.2, -0.15) is 0 Å². The number of carbonyl (C=O) groups excluding carboxylic acids is 1. The zero-order valence-electron chi connectivity index (χ0n) is 11.2. The Balaban J connectivity index is 1.88. The van der Waals surface area contributed by atoms with Crippen molar-refractivity contribution in [3.63, 3.8) is 0 Å². The van der Waals surface area contributed by atoms with Gasteiger partial charge in [0.15, 0.2) is 0 Å². The van der Waals surface area contributed by atoms with Crippen LogP contribution in [0.1, 0.15) is 42.5 Å². The van der Waals surface area contributed by atoms with Crippen molar-refractivity contribution in [3.8, 4) is 0 Å². The van der Waals surface area contributed by atoms with Crippen molar-refractivity contribution < 1.29 is 4.79 Å². The van der Waals surface area contributed by atoms with E-state index in [9.17, 15) is 4.79 Å². The third-order valence-electron chi connectivity index (χ3n) is 4.58. The van der Waals surface area contributed by atoms with Gasteiger partial charge in [0.25, 0.3) is 5.91 Å². The van der Waals surface area contributed by atoms with Crippen LogP contribution in [0, 0.1) is 5.92 Å². The third-order valence-corrected chi connectivity index (χ3v) is 5.21. The van der Waals surface area contributed by atoms with E-state index in [1.165, 1.54) is 19.3 Å². The van der Waals surface area contributed by atoms with Crippen LogP contribution < -0.4 is 5.73 Å². The molecule has 2 atom stereocenters. The molecule has 0 radical (unpaired) electrons. The second-order valence-electron chi connectivity index (χ2n) is 5.75. The molecule has 1 saturated heterocycles. The van der Waals surface area contributed by atoms with Gasteiger partial charge in [0.2, 0.25) is 0 Å². The van der Waals surface area contributed by atoms with Crippen LogP contribution in [0.4, 0.5) is 5.69 Å². The van der Waals surface area contributed by atoms with Gasteiger partial charge in [0, 0.05) is 18.2 Å². The van der Waals surface area contributed by atoms with Gasteiger partial charge in [0.1, 0.15) is 0 Å². The topological polar surface area (TPSA) is 46.3 Å². The first kappa shape index (κ1) is 14.0. The lowest BCUT2D eigenvalue weighted by molar-refractivity contribution is 0.0548. The second-order valence-corrected chi connectivity index (χ2v) is 6.57. The fraction of sp³-hybridized carbons (Fsp3) is 0.533. The number of hydrogen-bond acceptors (Lipinski definition) is 2. The van der Waals surface area contributed by atoms with E-state index >= 15 is 0 Å². The molecule has 1 heterocycles. The molecule has 1 saturated carbocycles. The minimum absolute atomic E-state index is 0.0328. The van der Waals surface area contributed by atoms with Crippen molar-refractivity contribution in [2.75, 3.05) is 12.3 Å². The van der Waals surface area contributed by atoms with Crippen LogP contribution in [0.15, 0.2) is 12.1 Å². The van der Waals surface area contributed by atoms with E-state index in [0.717, 1.165) is 19.4 Å². The summed E-state index contributed by atoms with van der Waals surface area (Å²) in [7, 11) is 0. The van der Waals surface area contributed by atoms with Crippen molar-refractivity contribution in [1.29, 1.82) is 0 Å². The summed E-state index contributed by atoms with van der Waals surface area (Å²) in [6.07, 6.45) is 5.92.